The Morgan fingerprint density at radius 1 is 1.42 bits per heavy atom. The van der Waals surface area contributed by atoms with Crippen LogP contribution in [-0.4, -0.2) is 43.6 Å². The maximum atomic E-state index is 12.5. The predicted molar refractivity (Wildman–Crippen MR) is 127 cm³/mol. The fourth-order valence-electron chi connectivity index (χ4n) is 4.02. The van der Waals surface area contributed by atoms with Gasteiger partial charge in [0.25, 0.3) is 0 Å². The lowest BCUT2D eigenvalue weighted by molar-refractivity contribution is -0.116. The number of aromatic nitrogens is 4. The van der Waals surface area contributed by atoms with Gasteiger partial charge in [0.05, 0.1) is 5.69 Å². The third-order valence-corrected chi connectivity index (χ3v) is 6.64. The molecule has 3 aromatic rings. The molecule has 9 heteroatoms. The van der Waals surface area contributed by atoms with E-state index < -0.39 is 0 Å². The van der Waals surface area contributed by atoms with Gasteiger partial charge in [0.2, 0.25) is 5.91 Å². The fourth-order valence-corrected chi connectivity index (χ4v) is 4.96. The number of amides is 1. The number of likely N-dealkylation sites (tertiary alicyclic amines) is 1. The van der Waals surface area contributed by atoms with Crippen LogP contribution in [0.3, 0.4) is 0 Å². The highest BCUT2D eigenvalue weighted by atomic mass is 32.1. The summed E-state index contributed by atoms with van der Waals surface area (Å²) in [4.78, 5) is 19.6. The van der Waals surface area contributed by atoms with Gasteiger partial charge in [-0.25, -0.2) is 4.98 Å². The molecular formula is C22H28N6OS2. The SMILES string of the molecule is Cc1cccc(-c2n[nH]c(=S)n2CCC(=O)Nc2nc(CN3CCCC(C)C3)cs2)c1. The molecule has 1 fully saturated rings. The summed E-state index contributed by atoms with van der Waals surface area (Å²) in [6, 6.07) is 8.08. The molecule has 7 nitrogen and oxygen atoms in total. The Balaban J connectivity index is 1.34. The van der Waals surface area contributed by atoms with E-state index in [-0.39, 0.29) is 5.91 Å². The van der Waals surface area contributed by atoms with Crippen LogP contribution in [0.2, 0.25) is 0 Å². The lowest BCUT2D eigenvalue weighted by Crippen LogP contribution is -2.33. The van der Waals surface area contributed by atoms with E-state index in [4.69, 9.17) is 12.2 Å². The second kappa shape index (κ2) is 9.84. The molecule has 3 heterocycles. The first-order chi connectivity index (χ1) is 15.0. The molecule has 164 valence electrons. The highest BCUT2D eigenvalue weighted by Crippen LogP contribution is 2.22. The van der Waals surface area contributed by atoms with Crippen LogP contribution in [0.15, 0.2) is 29.6 Å². The summed E-state index contributed by atoms with van der Waals surface area (Å²) in [6.07, 6.45) is 2.85. The number of carbonyl (C=O) groups excluding carboxylic acids is 1. The minimum Gasteiger partial charge on any atom is -0.302 e. The molecule has 0 spiro atoms. The standard InChI is InChI=1S/C22H28N6OS2/c1-15-5-3-7-17(11-15)20-25-26-22(30)28(20)10-8-19(29)24-21-23-18(14-31-21)13-27-9-4-6-16(2)12-27/h3,5,7,11,14,16H,4,6,8-10,12-13H2,1-2H3,(H,26,30)(H,23,24,29). The third kappa shape index (κ3) is 5.66. The van der Waals surface area contributed by atoms with E-state index in [0.717, 1.165) is 48.2 Å². The van der Waals surface area contributed by atoms with Crippen molar-refractivity contribution in [2.24, 2.45) is 5.92 Å². The number of hydrogen-bond donors (Lipinski definition) is 2. The number of aromatic amines is 1. The van der Waals surface area contributed by atoms with Crippen molar-refractivity contribution in [1.29, 1.82) is 0 Å². The van der Waals surface area contributed by atoms with Crippen LogP contribution < -0.4 is 5.32 Å². The van der Waals surface area contributed by atoms with Crippen LogP contribution in [0, 0.1) is 17.6 Å². The number of carbonyl (C=O) groups is 1. The number of rotatable bonds is 7. The van der Waals surface area contributed by atoms with E-state index in [1.807, 2.05) is 35.1 Å². The molecule has 1 aliphatic heterocycles. The Labute approximate surface area is 191 Å². The van der Waals surface area contributed by atoms with Crippen molar-refractivity contribution in [3.8, 4) is 11.4 Å². The van der Waals surface area contributed by atoms with E-state index in [9.17, 15) is 4.79 Å². The van der Waals surface area contributed by atoms with E-state index in [0.29, 0.717) is 22.9 Å². The average Bonchev–Trinajstić information content (AvgIpc) is 3.32. The highest BCUT2D eigenvalue weighted by molar-refractivity contribution is 7.71. The van der Waals surface area contributed by atoms with Gasteiger partial charge in [0.15, 0.2) is 15.7 Å². The summed E-state index contributed by atoms with van der Waals surface area (Å²) >= 11 is 6.85. The Hall–Kier alpha value is -2.36. The van der Waals surface area contributed by atoms with Gasteiger partial charge in [-0.2, -0.15) is 5.10 Å². The molecule has 1 unspecified atom stereocenters. The number of nitrogens with zero attached hydrogens (tertiary/aromatic N) is 4. The largest absolute Gasteiger partial charge is 0.302 e. The number of benzene rings is 1. The normalized spacial score (nSPS) is 17.0. The van der Waals surface area contributed by atoms with Crippen molar-refractivity contribution in [1.82, 2.24) is 24.6 Å². The first kappa shape index (κ1) is 21.9. The Morgan fingerprint density at radius 3 is 3.10 bits per heavy atom. The van der Waals surface area contributed by atoms with Gasteiger partial charge in [-0.3, -0.25) is 19.4 Å². The molecule has 1 saturated heterocycles. The van der Waals surface area contributed by atoms with Crippen LogP contribution >= 0.6 is 23.6 Å². The van der Waals surface area contributed by atoms with Crippen LogP contribution in [0.5, 0.6) is 0 Å². The highest BCUT2D eigenvalue weighted by Gasteiger charge is 2.18. The van der Waals surface area contributed by atoms with Crippen LogP contribution in [0.25, 0.3) is 11.4 Å². The van der Waals surface area contributed by atoms with E-state index in [1.54, 1.807) is 0 Å². The molecule has 31 heavy (non-hydrogen) atoms. The molecule has 1 atom stereocenters. The molecule has 0 saturated carbocycles. The monoisotopic (exact) mass is 456 g/mol. The maximum Gasteiger partial charge on any atom is 0.227 e. The van der Waals surface area contributed by atoms with Crippen LogP contribution in [0.1, 0.15) is 37.4 Å². The molecule has 2 aromatic heterocycles. The molecule has 2 N–H and O–H groups in total. The first-order valence-corrected chi connectivity index (χ1v) is 12.0. The third-order valence-electron chi connectivity index (χ3n) is 5.52. The summed E-state index contributed by atoms with van der Waals surface area (Å²) in [7, 11) is 0. The van der Waals surface area contributed by atoms with Crippen molar-refractivity contribution < 1.29 is 4.79 Å². The maximum absolute atomic E-state index is 12.5. The van der Waals surface area contributed by atoms with E-state index in [2.05, 4.69) is 38.4 Å². The van der Waals surface area contributed by atoms with Gasteiger partial charge in [-0.1, -0.05) is 30.7 Å². The van der Waals surface area contributed by atoms with Gasteiger partial charge in [-0.15, -0.1) is 11.3 Å². The van der Waals surface area contributed by atoms with Crippen molar-refractivity contribution in [3.05, 3.63) is 45.7 Å². The molecule has 0 bridgehead atoms. The molecule has 1 aromatic carbocycles. The number of anilines is 1. The van der Waals surface area contributed by atoms with Crippen molar-refractivity contribution >= 4 is 34.6 Å². The van der Waals surface area contributed by atoms with Gasteiger partial charge in [-0.05, 0) is 50.5 Å². The number of piperidine rings is 1. The summed E-state index contributed by atoms with van der Waals surface area (Å²) in [6.45, 7) is 7.88. The molecule has 1 aliphatic rings. The van der Waals surface area contributed by atoms with Gasteiger partial charge < -0.3 is 5.32 Å². The lowest BCUT2D eigenvalue weighted by Gasteiger charge is -2.30. The Kier molecular flexibility index (Phi) is 6.94. The number of hydrogen-bond acceptors (Lipinski definition) is 6. The molecule has 0 radical (unpaired) electrons. The van der Waals surface area contributed by atoms with Crippen molar-refractivity contribution in [2.45, 2.75) is 46.2 Å². The van der Waals surface area contributed by atoms with Crippen LogP contribution in [0.4, 0.5) is 5.13 Å². The smallest absolute Gasteiger partial charge is 0.227 e. The first-order valence-electron chi connectivity index (χ1n) is 10.7. The topological polar surface area (TPSA) is 78.8 Å². The van der Waals surface area contributed by atoms with E-state index >= 15 is 0 Å². The lowest BCUT2D eigenvalue weighted by atomic mass is 10.0. The Bertz CT molecular complexity index is 1100. The molecule has 1 amide bonds. The minimum atomic E-state index is -0.0780. The van der Waals surface area contributed by atoms with E-state index in [1.165, 1.54) is 24.2 Å². The van der Waals surface area contributed by atoms with Gasteiger partial charge >= 0.3 is 0 Å². The minimum absolute atomic E-state index is 0.0780. The van der Waals surface area contributed by atoms with Crippen molar-refractivity contribution in [2.75, 3.05) is 18.4 Å². The van der Waals surface area contributed by atoms with Gasteiger partial charge in [0.1, 0.15) is 0 Å². The Morgan fingerprint density at radius 2 is 2.29 bits per heavy atom. The fraction of sp³-hybridized carbons (Fsp3) is 0.455. The number of nitrogens with one attached hydrogen (secondary N) is 2. The number of thiazole rings is 1. The summed E-state index contributed by atoms with van der Waals surface area (Å²) in [5, 5.41) is 12.8. The second-order valence-corrected chi connectivity index (χ2v) is 9.54. The van der Waals surface area contributed by atoms with Crippen LogP contribution in [-0.2, 0) is 17.9 Å². The van der Waals surface area contributed by atoms with Crippen molar-refractivity contribution in [3.63, 3.8) is 0 Å². The number of aryl methyl sites for hydroxylation is 1. The second-order valence-electron chi connectivity index (χ2n) is 8.30. The number of H-pyrrole nitrogens is 1. The molecular weight excluding hydrogens is 428 g/mol. The zero-order valence-electron chi connectivity index (χ0n) is 17.9. The predicted octanol–water partition coefficient (Wildman–Crippen LogP) is 4.63. The van der Waals surface area contributed by atoms with Gasteiger partial charge in [0, 0.05) is 37.0 Å². The summed E-state index contributed by atoms with van der Waals surface area (Å²) < 4.78 is 2.38. The zero-order valence-corrected chi connectivity index (χ0v) is 19.6. The average molecular weight is 457 g/mol. The zero-order chi connectivity index (χ0) is 21.8. The summed E-state index contributed by atoms with van der Waals surface area (Å²) in [5.41, 5.74) is 3.15. The molecule has 0 aliphatic carbocycles. The quantitative estimate of drug-likeness (QED) is 0.507. The summed E-state index contributed by atoms with van der Waals surface area (Å²) in [5.74, 6) is 1.41. The molecule has 4 rings (SSSR count).